The fourth-order valence-corrected chi connectivity index (χ4v) is 4.22. The van der Waals surface area contributed by atoms with Gasteiger partial charge in [0.1, 0.15) is 0 Å². The fourth-order valence-electron chi connectivity index (χ4n) is 4.22. The van der Waals surface area contributed by atoms with Gasteiger partial charge in [-0.05, 0) is 43.7 Å². The van der Waals surface area contributed by atoms with Crippen molar-refractivity contribution in [2.24, 2.45) is 0 Å². The summed E-state index contributed by atoms with van der Waals surface area (Å²) in [6, 6.07) is 13.8. The summed E-state index contributed by atoms with van der Waals surface area (Å²) in [5, 5.41) is 2.95. The Morgan fingerprint density at radius 3 is 2.13 bits per heavy atom. The average Bonchev–Trinajstić information content (AvgIpc) is 2.99. The van der Waals surface area contributed by atoms with Crippen LogP contribution in [0.2, 0.25) is 0 Å². The Bertz CT molecular complexity index is 944. The minimum Gasteiger partial charge on any atom is -0.373 e. The van der Waals surface area contributed by atoms with Gasteiger partial charge < -0.3 is 10.1 Å². The third-order valence-corrected chi connectivity index (χ3v) is 5.64. The molecule has 4 rings (SSSR count). The highest BCUT2D eigenvalue weighted by Gasteiger charge is 2.34. The standard InChI is InChI=1S/C24H27N3O4/c1-16-13-26(14-17(2)31-16)12-11-25-22(28)19-9-7-18(8-10-19)15-27-23(29)20-5-3-4-6-21(20)24(27)30/h3-10,16-17H,11-15H2,1-2H3,(H,25,28). The van der Waals surface area contributed by atoms with Crippen LogP contribution in [0.5, 0.6) is 0 Å². The minimum absolute atomic E-state index is 0.137. The van der Waals surface area contributed by atoms with Gasteiger partial charge >= 0.3 is 0 Å². The number of morpholine rings is 1. The lowest BCUT2D eigenvalue weighted by molar-refractivity contribution is -0.0672. The van der Waals surface area contributed by atoms with Crippen molar-refractivity contribution in [3.63, 3.8) is 0 Å². The molecule has 162 valence electrons. The number of imide groups is 1. The van der Waals surface area contributed by atoms with E-state index in [1.165, 1.54) is 4.90 Å². The van der Waals surface area contributed by atoms with Crippen molar-refractivity contribution in [3.05, 3.63) is 70.8 Å². The third kappa shape index (κ3) is 4.68. The van der Waals surface area contributed by atoms with Crippen molar-refractivity contribution in [2.75, 3.05) is 26.2 Å². The maximum absolute atomic E-state index is 12.5. The molecular formula is C24H27N3O4. The molecule has 0 spiro atoms. The molecule has 2 atom stereocenters. The number of nitrogens with zero attached hydrogens (tertiary/aromatic N) is 2. The lowest BCUT2D eigenvalue weighted by Crippen LogP contribution is -2.47. The van der Waals surface area contributed by atoms with Crippen LogP contribution >= 0.6 is 0 Å². The lowest BCUT2D eigenvalue weighted by atomic mass is 10.1. The van der Waals surface area contributed by atoms with E-state index in [-0.39, 0.29) is 36.5 Å². The van der Waals surface area contributed by atoms with Crippen molar-refractivity contribution in [1.29, 1.82) is 0 Å². The number of ether oxygens (including phenoxy) is 1. The van der Waals surface area contributed by atoms with E-state index in [4.69, 9.17) is 4.74 Å². The van der Waals surface area contributed by atoms with E-state index in [2.05, 4.69) is 24.1 Å². The van der Waals surface area contributed by atoms with Crippen molar-refractivity contribution >= 4 is 17.7 Å². The van der Waals surface area contributed by atoms with Crippen LogP contribution in [0.25, 0.3) is 0 Å². The summed E-state index contributed by atoms with van der Waals surface area (Å²) < 4.78 is 5.73. The molecule has 2 unspecified atom stereocenters. The second-order valence-corrected chi connectivity index (χ2v) is 8.21. The van der Waals surface area contributed by atoms with E-state index >= 15 is 0 Å². The van der Waals surface area contributed by atoms with Crippen LogP contribution in [0, 0.1) is 0 Å². The van der Waals surface area contributed by atoms with Crippen LogP contribution in [0.4, 0.5) is 0 Å². The van der Waals surface area contributed by atoms with E-state index in [1.54, 1.807) is 48.5 Å². The molecule has 2 aliphatic rings. The molecule has 1 saturated heterocycles. The highest BCUT2D eigenvalue weighted by atomic mass is 16.5. The van der Waals surface area contributed by atoms with Crippen molar-refractivity contribution in [1.82, 2.24) is 15.1 Å². The Morgan fingerprint density at radius 2 is 1.55 bits per heavy atom. The normalized spacial score (nSPS) is 21.3. The van der Waals surface area contributed by atoms with E-state index in [0.717, 1.165) is 25.2 Å². The minimum atomic E-state index is -0.283. The van der Waals surface area contributed by atoms with Crippen molar-refractivity contribution in [3.8, 4) is 0 Å². The third-order valence-electron chi connectivity index (χ3n) is 5.64. The number of hydrogen-bond acceptors (Lipinski definition) is 5. The number of amides is 3. The quantitative estimate of drug-likeness (QED) is 0.725. The molecule has 0 radical (unpaired) electrons. The largest absolute Gasteiger partial charge is 0.373 e. The lowest BCUT2D eigenvalue weighted by Gasteiger charge is -2.35. The predicted octanol–water partition coefficient (Wildman–Crippen LogP) is 2.32. The molecule has 31 heavy (non-hydrogen) atoms. The van der Waals surface area contributed by atoms with Gasteiger partial charge in [0.2, 0.25) is 0 Å². The Kier molecular flexibility index (Phi) is 6.15. The van der Waals surface area contributed by atoms with Crippen LogP contribution in [0.1, 0.15) is 50.5 Å². The fraction of sp³-hybridized carbons (Fsp3) is 0.375. The second kappa shape index (κ2) is 8.99. The van der Waals surface area contributed by atoms with Crippen LogP contribution in [0.3, 0.4) is 0 Å². The number of nitrogens with one attached hydrogen (secondary N) is 1. The molecule has 1 N–H and O–H groups in total. The smallest absolute Gasteiger partial charge is 0.261 e. The van der Waals surface area contributed by atoms with Gasteiger partial charge in [0, 0.05) is 31.7 Å². The zero-order chi connectivity index (χ0) is 22.0. The first-order valence-electron chi connectivity index (χ1n) is 10.6. The van der Waals surface area contributed by atoms with Gasteiger partial charge in [-0.2, -0.15) is 0 Å². The molecule has 7 heteroatoms. The zero-order valence-electron chi connectivity index (χ0n) is 17.8. The number of fused-ring (bicyclic) bond motifs is 1. The molecule has 0 saturated carbocycles. The van der Waals surface area contributed by atoms with E-state index in [1.807, 2.05) is 0 Å². The van der Waals surface area contributed by atoms with Gasteiger partial charge in [-0.1, -0.05) is 24.3 Å². The van der Waals surface area contributed by atoms with Crippen LogP contribution < -0.4 is 5.32 Å². The Morgan fingerprint density at radius 1 is 0.968 bits per heavy atom. The highest BCUT2D eigenvalue weighted by molar-refractivity contribution is 6.21. The van der Waals surface area contributed by atoms with Gasteiger partial charge in [-0.3, -0.25) is 24.2 Å². The van der Waals surface area contributed by atoms with Crippen LogP contribution in [-0.2, 0) is 11.3 Å². The monoisotopic (exact) mass is 421 g/mol. The first-order chi connectivity index (χ1) is 14.9. The van der Waals surface area contributed by atoms with E-state index in [9.17, 15) is 14.4 Å². The maximum atomic E-state index is 12.5. The number of rotatable bonds is 6. The first kappa shape index (κ1) is 21.2. The van der Waals surface area contributed by atoms with Gasteiger partial charge in [-0.15, -0.1) is 0 Å². The zero-order valence-corrected chi connectivity index (χ0v) is 17.8. The number of carbonyl (C=O) groups excluding carboxylic acids is 3. The predicted molar refractivity (Wildman–Crippen MR) is 116 cm³/mol. The summed E-state index contributed by atoms with van der Waals surface area (Å²) in [5.41, 5.74) is 2.22. The van der Waals surface area contributed by atoms with Crippen LogP contribution in [-0.4, -0.2) is 65.9 Å². The summed E-state index contributed by atoms with van der Waals surface area (Å²) >= 11 is 0. The molecule has 0 bridgehead atoms. The van der Waals surface area contributed by atoms with Crippen molar-refractivity contribution < 1.29 is 19.1 Å². The summed E-state index contributed by atoms with van der Waals surface area (Å²) in [6.07, 6.45) is 0.406. The topological polar surface area (TPSA) is 79.0 Å². The highest BCUT2D eigenvalue weighted by Crippen LogP contribution is 2.24. The van der Waals surface area contributed by atoms with Crippen LogP contribution in [0.15, 0.2) is 48.5 Å². The van der Waals surface area contributed by atoms with Gasteiger partial charge in [0.15, 0.2) is 0 Å². The molecule has 3 amide bonds. The average molecular weight is 421 g/mol. The molecule has 0 aromatic heterocycles. The summed E-state index contributed by atoms with van der Waals surface area (Å²) in [4.78, 5) is 41.0. The first-order valence-corrected chi connectivity index (χ1v) is 10.6. The summed E-state index contributed by atoms with van der Waals surface area (Å²) in [7, 11) is 0. The van der Waals surface area contributed by atoms with Gasteiger partial charge in [0.05, 0.1) is 29.9 Å². The molecule has 1 fully saturated rings. The number of hydrogen-bond donors (Lipinski definition) is 1. The SMILES string of the molecule is CC1CN(CCNC(=O)c2ccc(CN3C(=O)c4ccccc4C3=O)cc2)CC(C)O1. The molecule has 0 aliphatic carbocycles. The van der Waals surface area contributed by atoms with Gasteiger partial charge in [-0.25, -0.2) is 0 Å². The van der Waals surface area contributed by atoms with E-state index < -0.39 is 0 Å². The maximum Gasteiger partial charge on any atom is 0.261 e. The van der Waals surface area contributed by atoms with E-state index in [0.29, 0.717) is 23.2 Å². The molecule has 2 aliphatic heterocycles. The second-order valence-electron chi connectivity index (χ2n) is 8.21. The molecule has 7 nitrogen and oxygen atoms in total. The Balaban J connectivity index is 1.30. The molecule has 2 aromatic rings. The Hall–Kier alpha value is -3.03. The Labute approximate surface area is 182 Å². The molecule has 2 aromatic carbocycles. The summed E-state index contributed by atoms with van der Waals surface area (Å²) in [6.45, 7) is 7.38. The molecule has 2 heterocycles. The number of carbonyl (C=O) groups is 3. The summed E-state index contributed by atoms with van der Waals surface area (Å²) in [5.74, 6) is -0.704. The number of benzene rings is 2. The van der Waals surface area contributed by atoms with Gasteiger partial charge in [0.25, 0.3) is 17.7 Å². The van der Waals surface area contributed by atoms with Crippen molar-refractivity contribution in [2.45, 2.75) is 32.6 Å². The molecular weight excluding hydrogens is 394 g/mol.